The number of rotatable bonds is 3. The summed E-state index contributed by atoms with van der Waals surface area (Å²) in [6.07, 6.45) is 3.07. The Morgan fingerprint density at radius 1 is 1.59 bits per heavy atom. The van der Waals surface area contributed by atoms with Crippen molar-refractivity contribution < 1.29 is 9.21 Å². The van der Waals surface area contributed by atoms with Crippen LogP contribution in [-0.2, 0) is 4.79 Å². The second-order valence-corrected chi connectivity index (χ2v) is 5.07. The molecule has 0 aromatic carbocycles. The van der Waals surface area contributed by atoms with Gasteiger partial charge >= 0.3 is 0 Å². The molecule has 0 bridgehead atoms. The van der Waals surface area contributed by atoms with E-state index >= 15 is 0 Å². The van der Waals surface area contributed by atoms with E-state index in [9.17, 15) is 4.79 Å². The van der Waals surface area contributed by atoms with Crippen LogP contribution in [0.25, 0.3) is 0 Å². The van der Waals surface area contributed by atoms with Gasteiger partial charge in [-0.05, 0) is 18.1 Å². The predicted octanol–water partition coefficient (Wildman–Crippen LogP) is 1.86. The van der Waals surface area contributed by atoms with Gasteiger partial charge in [-0.3, -0.25) is 4.79 Å². The molecule has 1 atom stereocenters. The molecule has 0 radical (unpaired) electrons. The largest absolute Gasteiger partial charge is 0.463 e. The van der Waals surface area contributed by atoms with Crippen LogP contribution < -0.4 is 5.32 Å². The molecule has 17 heavy (non-hydrogen) atoms. The highest BCUT2D eigenvalue weighted by Gasteiger charge is 2.32. The van der Waals surface area contributed by atoms with Gasteiger partial charge in [0.15, 0.2) is 5.17 Å². The second kappa shape index (κ2) is 5.18. The molecular weight excluding hydrogens is 238 g/mol. The van der Waals surface area contributed by atoms with Crippen LogP contribution in [0.2, 0.25) is 0 Å². The minimum atomic E-state index is -0.0763. The molecule has 0 saturated carbocycles. The number of thioether (sulfide) groups is 1. The standard InChI is InChI=1S/C11H13N3O2S/c1-7(2)9-10(15)13-11(17-9)14-12-6-8-4-3-5-16-8/h3-7,9H,1-2H3,(H,13,14,15)/t9-/m0/s1. The van der Waals surface area contributed by atoms with Crippen molar-refractivity contribution in [3.8, 4) is 0 Å². The lowest BCUT2D eigenvalue weighted by molar-refractivity contribution is -0.119. The fraction of sp³-hybridized carbons (Fsp3) is 0.364. The Labute approximate surface area is 103 Å². The minimum Gasteiger partial charge on any atom is -0.463 e. The molecule has 1 aromatic rings. The molecule has 1 aliphatic heterocycles. The molecule has 1 aliphatic rings. The second-order valence-electron chi connectivity index (χ2n) is 3.94. The maximum atomic E-state index is 11.5. The van der Waals surface area contributed by atoms with Crippen molar-refractivity contribution >= 4 is 29.1 Å². The Hall–Kier alpha value is -1.56. The van der Waals surface area contributed by atoms with Gasteiger partial charge < -0.3 is 9.73 Å². The number of carbonyl (C=O) groups excluding carboxylic acids is 1. The zero-order valence-electron chi connectivity index (χ0n) is 9.58. The monoisotopic (exact) mass is 251 g/mol. The van der Waals surface area contributed by atoms with Crippen LogP contribution in [0.15, 0.2) is 33.0 Å². The third-order valence-electron chi connectivity index (χ3n) is 2.21. The average Bonchev–Trinajstić information content (AvgIpc) is 2.88. The van der Waals surface area contributed by atoms with Crippen molar-refractivity contribution in [2.24, 2.45) is 16.1 Å². The molecule has 2 rings (SSSR count). The van der Waals surface area contributed by atoms with Gasteiger partial charge in [-0.25, -0.2) is 0 Å². The van der Waals surface area contributed by atoms with Gasteiger partial charge in [0.2, 0.25) is 5.91 Å². The number of carbonyl (C=O) groups is 1. The molecule has 1 aromatic heterocycles. The molecule has 1 amide bonds. The maximum absolute atomic E-state index is 11.5. The Morgan fingerprint density at radius 3 is 3.00 bits per heavy atom. The molecule has 5 nitrogen and oxygen atoms in total. The van der Waals surface area contributed by atoms with E-state index in [1.54, 1.807) is 18.4 Å². The lowest BCUT2D eigenvalue weighted by Gasteiger charge is -2.07. The molecule has 1 N–H and O–H groups in total. The van der Waals surface area contributed by atoms with Crippen LogP contribution in [0.3, 0.4) is 0 Å². The summed E-state index contributed by atoms with van der Waals surface area (Å²) < 4.78 is 5.07. The van der Waals surface area contributed by atoms with E-state index in [0.717, 1.165) is 0 Å². The summed E-state index contributed by atoms with van der Waals surface area (Å²) in [6.45, 7) is 4.01. The zero-order chi connectivity index (χ0) is 12.3. The normalized spacial score (nSPS) is 22.9. The van der Waals surface area contributed by atoms with Gasteiger partial charge in [0.25, 0.3) is 0 Å². The van der Waals surface area contributed by atoms with Crippen LogP contribution >= 0.6 is 11.8 Å². The topological polar surface area (TPSA) is 67.0 Å². The SMILES string of the molecule is CC(C)[C@@H]1SC(=NN=Cc2ccco2)NC1=O. The Morgan fingerprint density at radius 2 is 2.41 bits per heavy atom. The van der Waals surface area contributed by atoms with Crippen molar-refractivity contribution in [2.75, 3.05) is 0 Å². The van der Waals surface area contributed by atoms with Gasteiger partial charge in [0.1, 0.15) is 5.76 Å². The van der Waals surface area contributed by atoms with Crippen molar-refractivity contribution in [1.82, 2.24) is 5.32 Å². The average molecular weight is 251 g/mol. The number of hydrogen-bond donors (Lipinski definition) is 1. The number of furan rings is 1. The highest BCUT2D eigenvalue weighted by atomic mass is 32.2. The summed E-state index contributed by atoms with van der Waals surface area (Å²) in [5.41, 5.74) is 0. The van der Waals surface area contributed by atoms with Gasteiger partial charge in [-0.2, -0.15) is 5.10 Å². The first kappa shape index (κ1) is 11.9. The third kappa shape index (κ3) is 2.97. The summed E-state index contributed by atoms with van der Waals surface area (Å²) in [4.78, 5) is 11.5. The summed E-state index contributed by atoms with van der Waals surface area (Å²) in [5.74, 6) is 0.905. The molecule has 0 spiro atoms. The van der Waals surface area contributed by atoms with Crippen molar-refractivity contribution in [3.63, 3.8) is 0 Å². The Balaban J connectivity index is 1.98. The van der Waals surface area contributed by atoms with Crippen LogP contribution in [0, 0.1) is 5.92 Å². The lowest BCUT2D eigenvalue weighted by atomic mass is 10.1. The summed E-state index contributed by atoms with van der Waals surface area (Å²) >= 11 is 1.41. The summed E-state index contributed by atoms with van der Waals surface area (Å²) in [7, 11) is 0. The number of nitrogens with zero attached hydrogens (tertiary/aromatic N) is 2. The minimum absolute atomic E-state index is 0.00283. The van der Waals surface area contributed by atoms with Crippen LogP contribution in [-0.4, -0.2) is 22.5 Å². The quantitative estimate of drug-likeness (QED) is 0.658. The molecule has 0 unspecified atom stereocenters. The lowest BCUT2D eigenvalue weighted by Crippen LogP contribution is -2.27. The van der Waals surface area contributed by atoms with E-state index in [0.29, 0.717) is 10.9 Å². The maximum Gasteiger partial charge on any atom is 0.239 e. The fourth-order valence-electron chi connectivity index (χ4n) is 1.37. The van der Waals surface area contributed by atoms with Gasteiger partial charge in [0, 0.05) is 0 Å². The smallest absolute Gasteiger partial charge is 0.239 e. The first-order valence-corrected chi connectivity index (χ1v) is 6.17. The van der Waals surface area contributed by atoms with Crippen molar-refractivity contribution in [3.05, 3.63) is 24.2 Å². The molecule has 90 valence electrons. The molecule has 0 aliphatic carbocycles. The van der Waals surface area contributed by atoms with E-state index in [4.69, 9.17) is 4.42 Å². The van der Waals surface area contributed by atoms with Crippen LogP contribution in [0.1, 0.15) is 19.6 Å². The van der Waals surface area contributed by atoms with E-state index in [1.807, 2.05) is 13.8 Å². The highest BCUT2D eigenvalue weighted by molar-refractivity contribution is 8.15. The zero-order valence-corrected chi connectivity index (χ0v) is 10.4. The third-order valence-corrected chi connectivity index (χ3v) is 3.63. The fourth-order valence-corrected chi connectivity index (χ4v) is 2.30. The molecule has 2 heterocycles. The summed E-state index contributed by atoms with van der Waals surface area (Å²) in [6, 6.07) is 3.55. The van der Waals surface area contributed by atoms with E-state index in [1.165, 1.54) is 18.0 Å². The first-order valence-electron chi connectivity index (χ1n) is 5.29. The van der Waals surface area contributed by atoms with Crippen molar-refractivity contribution in [1.29, 1.82) is 0 Å². The molecule has 6 heteroatoms. The summed E-state index contributed by atoms with van der Waals surface area (Å²) in [5, 5.41) is 11.0. The van der Waals surface area contributed by atoms with Gasteiger partial charge in [-0.15, -0.1) is 5.10 Å². The molecule has 1 fully saturated rings. The predicted molar refractivity (Wildman–Crippen MR) is 68.1 cm³/mol. The van der Waals surface area contributed by atoms with Crippen LogP contribution in [0.5, 0.6) is 0 Å². The highest BCUT2D eigenvalue weighted by Crippen LogP contribution is 2.25. The van der Waals surface area contributed by atoms with Gasteiger partial charge in [-0.1, -0.05) is 25.6 Å². The first-order chi connectivity index (χ1) is 8.16. The molecule has 1 saturated heterocycles. The van der Waals surface area contributed by atoms with E-state index in [-0.39, 0.29) is 17.1 Å². The number of nitrogens with one attached hydrogen (secondary N) is 1. The van der Waals surface area contributed by atoms with Crippen LogP contribution in [0.4, 0.5) is 0 Å². The Kier molecular flexibility index (Phi) is 3.63. The van der Waals surface area contributed by atoms with E-state index < -0.39 is 0 Å². The van der Waals surface area contributed by atoms with E-state index in [2.05, 4.69) is 15.5 Å². The van der Waals surface area contributed by atoms with Crippen molar-refractivity contribution in [2.45, 2.75) is 19.1 Å². The van der Waals surface area contributed by atoms with Gasteiger partial charge in [0.05, 0.1) is 17.7 Å². The number of hydrogen-bond acceptors (Lipinski definition) is 5. The number of amidine groups is 1. The number of amides is 1. The Bertz CT molecular complexity index is 451. The molecular formula is C11H13N3O2S.